The Balaban J connectivity index is 1.41. The number of nitrogens with zero attached hydrogens (tertiary/aromatic N) is 2. The number of para-hydroxylation sites is 2. The minimum atomic E-state index is -0.538. The molecule has 0 radical (unpaired) electrons. The molecule has 1 aliphatic heterocycles. The zero-order valence-corrected chi connectivity index (χ0v) is 19.4. The lowest BCUT2D eigenvalue weighted by atomic mass is 10.0. The number of carbonyl (C=O) groups excluding carboxylic acids is 2. The van der Waals surface area contributed by atoms with Gasteiger partial charge in [0.25, 0.3) is 5.91 Å². The second kappa shape index (κ2) is 9.16. The number of fused-ring (bicyclic) bond motifs is 2. The predicted octanol–water partition coefficient (Wildman–Crippen LogP) is 5.80. The quantitative estimate of drug-likeness (QED) is 0.332. The van der Waals surface area contributed by atoms with E-state index >= 15 is 0 Å². The Morgan fingerprint density at radius 2 is 1.79 bits per heavy atom. The Hall–Kier alpha value is -3.51. The molecule has 1 amide bonds. The van der Waals surface area contributed by atoms with Gasteiger partial charge in [-0.25, -0.2) is 9.78 Å². The molecule has 0 unspecified atom stereocenters. The average molecular weight is 501 g/mol. The van der Waals surface area contributed by atoms with E-state index in [0.29, 0.717) is 28.7 Å². The monoisotopic (exact) mass is 500 g/mol. The van der Waals surface area contributed by atoms with E-state index in [0.717, 1.165) is 34.1 Å². The van der Waals surface area contributed by atoms with E-state index in [1.165, 1.54) is 0 Å². The van der Waals surface area contributed by atoms with Crippen molar-refractivity contribution in [3.8, 4) is 11.3 Å². The molecular weight excluding hydrogens is 480 g/mol. The van der Waals surface area contributed by atoms with E-state index in [-0.39, 0.29) is 12.5 Å². The molecule has 2 heterocycles. The molecule has 33 heavy (non-hydrogen) atoms. The van der Waals surface area contributed by atoms with E-state index < -0.39 is 5.97 Å². The number of anilines is 1. The van der Waals surface area contributed by atoms with Crippen LogP contribution in [0.2, 0.25) is 0 Å². The third kappa shape index (κ3) is 4.39. The summed E-state index contributed by atoms with van der Waals surface area (Å²) >= 11 is 3.49. The van der Waals surface area contributed by atoms with Crippen molar-refractivity contribution in [1.29, 1.82) is 0 Å². The minimum Gasteiger partial charge on any atom is -0.452 e. The van der Waals surface area contributed by atoms with Crippen LogP contribution in [0.15, 0.2) is 83.3 Å². The average Bonchev–Trinajstić information content (AvgIpc) is 2.86. The lowest BCUT2D eigenvalue weighted by Gasteiger charge is -2.29. The molecule has 1 aliphatic rings. The number of amides is 1. The molecule has 164 valence electrons. The van der Waals surface area contributed by atoms with Crippen molar-refractivity contribution in [2.45, 2.75) is 12.8 Å². The Bertz CT molecular complexity index is 1370. The number of rotatable bonds is 4. The van der Waals surface area contributed by atoms with Gasteiger partial charge in [-0.3, -0.25) is 4.79 Å². The molecule has 0 atom stereocenters. The number of halogens is 1. The van der Waals surface area contributed by atoms with Crippen LogP contribution in [0.25, 0.3) is 22.2 Å². The summed E-state index contributed by atoms with van der Waals surface area (Å²) in [7, 11) is 0. The molecule has 5 nitrogen and oxygen atoms in total. The fourth-order valence-electron chi connectivity index (χ4n) is 4.22. The number of hydrogen-bond acceptors (Lipinski definition) is 4. The molecule has 0 bridgehead atoms. The molecule has 1 aromatic heterocycles. The summed E-state index contributed by atoms with van der Waals surface area (Å²) in [5, 5.41) is 0.692. The second-order valence-corrected chi connectivity index (χ2v) is 8.85. The Morgan fingerprint density at radius 1 is 0.970 bits per heavy atom. The first kappa shape index (κ1) is 21.3. The predicted molar refractivity (Wildman–Crippen MR) is 132 cm³/mol. The molecule has 0 aliphatic carbocycles. The van der Waals surface area contributed by atoms with Crippen LogP contribution in [0.4, 0.5) is 5.69 Å². The molecule has 6 heteroatoms. The highest BCUT2D eigenvalue weighted by molar-refractivity contribution is 9.10. The number of ether oxygens (including phenoxy) is 1. The van der Waals surface area contributed by atoms with E-state index in [1.54, 1.807) is 11.0 Å². The fourth-order valence-corrected chi connectivity index (χ4v) is 4.61. The Kier molecular flexibility index (Phi) is 5.92. The van der Waals surface area contributed by atoms with Gasteiger partial charge in [-0.15, -0.1) is 0 Å². The van der Waals surface area contributed by atoms with Gasteiger partial charge in [-0.05, 0) is 48.7 Å². The first-order valence-electron chi connectivity index (χ1n) is 10.8. The number of esters is 1. The number of pyridine rings is 1. The van der Waals surface area contributed by atoms with Gasteiger partial charge in [0.1, 0.15) is 0 Å². The minimum absolute atomic E-state index is 0.221. The lowest BCUT2D eigenvalue weighted by Crippen LogP contribution is -2.38. The molecule has 0 saturated carbocycles. The van der Waals surface area contributed by atoms with Crippen LogP contribution in [0.3, 0.4) is 0 Å². The zero-order valence-electron chi connectivity index (χ0n) is 17.8. The second-order valence-electron chi connectivity index (χ2n) is 7.94. The van der Waals surface area contributed by atoms with Gasteiger partial charge in [-0.2, -0.15) is 0 Å². The van der Waals surface area contributed by atoms with Gasteiger partial charge < -0.3 is 9.64 Å². The summed E-state index contributed by atoms with van der Waals surface area (Å²) in [6, 6.07) is 24.8. The van der Waals surface area contributed by atoms with Crippen LogP contribution in [-0.4, -0.2) is 30.0 Å². The van der Waals surface area contributed by atoms with Gasteiger partial charge in [0, 0.05) is 27.7 Å². The maximum absolute atomic E-state index is 13.1. The first-order chi connectivity index (χ1) is 16.1. The Morgan fingerprint density at radius 3 is 2.67 bits per heavy atom. The summed E-state index contributed by atoms with van der Waals surface area (Å²) in [6.45, 7) is 0.314. The van der Waals surface area contributed by atoms with Crippen LogP contribution >= 0.6 is 15.9 Å². The summed E-state index contributed by atoms with van der Waals surface area (Å²) in [5.74, 6) is -0.760. The topological polar surface area (TPSA) is 59.5 Å². The van der Waals surface area contributed by atoms with Crippen molar-refractivity contribution in [3.05, 3.63) is 94.5 Å². The highest BCUT2D eigenvalue weighted by Gasteiger charge is 2.24. The summed E-state index contributed by atoms with van der Waals surface area (Å²) in [5.41, 5.74) is 4.67. The summed E-state index contributed by atoms with van der Waals surface area (Å²) < 4.78 is 6.44. The third-order valence-corrected chi connectivity index (χ3v) is 6.29. The molecule has 0 fully saturated rings. The van der Waals surface area contributed by atoms with Crippen molar-refractivity contribution in [3.63, 3.8) is 0 Å². The number of hydrogen-bond donors (Lipinski definition) is 0. The summed E-state index contributed by atoms with van der Waals surface area (Å²) in [6.07, 6.45) is 1.84. The van der Waals surface area contributed by atoms with Gasteiger partial charge in [0.05, 0.1) is 16.8 Å². The van der Waals surface area contributed by atoms with Crippen molar-refractivity contribution in [2.75, 3.05) is 18.1 Å². The van der Waals surface area contributed by atoms with Gasteiger partial charge >= 0.3 is 5.97 Å². The molecule has 0 spiro atoms. The maximum Gasteiger partial charge on any atom is 0.339 e. The third-order valence-electron chi connectivity index (χ3n) is 5.79. The first-order valence-corrected chi connectivity index (χ1v) is 11.6. The standard InChI is InChI=1S/C27H21BrN2O3/c28-20-10-5-8-19(15-20)24-16-22(21-11-2-3-12-23(21)29-24)27(32)33-17-26(31)30-14-6-9-18-7-1-4-13-25(18)30/h1-5,7-8,10-13,15-16H,6,9,14,17H2. The van der Waals surface area contributed by atoms with Crippen molar-refractivity contribution < 1.29 is 14.3 Å². The normalized spacial score (nSPS) is 12.9. The van der Waals surface area contributed by atoms with E-state index in [1.807, 2.05) is 72.8 Å². The van der Waals surface area contributed by atoms with Crippen LogP contribution in [0.1, 0.15) is 22.3 Å². The van der Waals surface area contributed by atoms with Gasteiger partial charge in [-0.1, -0.05) is 64.5 Å². The van der Waals surface area contributed by atoms with Gasteiger partial charge in [0.15, 0.2) is 6.61 Å². The number of benzene rings is 3. The highest BCUT2D eigenvalue weighted by Crippen LogP contribution is 2.28. The highest BCUT2D eigenvalue weighted by atomic mass is 79.9. The maximum atomic E-state index is 13.1. The van der Waals surface area contributed by atoms with Crippen LogP contribution in [0, 0.1) is 0 Å². The van der Waals surface area contributed by atoms with Crippen LogP contribution < -0.4 is 4.90 Å². The van der Waals surface area contributed by atoms with Crippen LogP contribution in [0.5, 0.6) is 0 Å². The zero-order chi connectivity index (χ0) is 22.8. The van der Waals surface area contributed by atoms with E-state index in [2.05, 4.69) is 15.9 Å². The number of aryl methyl sites for hydroxylation is 1. The van der Waals surface area contributed by atoms with Crippen molar-refractivity contribution in [1.82, 2.24) is 4.98 Å². The van der Waals surface area contributed by atoms with Crippen molar-refractivity contribution in [2.24, 2.45) is 0 Å². The lowest BCUT2D eigenvalue weighted by molar-refractivity contribution is -0.121. The Labute approximate surface area is 200 Å². The van der Waals surface area contributed by atoms with Crippen LogP contribution in [-0.2, 0) is 16.0 Å². The van der Waals surface area contributed by atoms with Gasteiger partial charge in [0.2, 0.25) is 0 Å². The van der Waals surface area contributed by atoms with E-state index in [9.17, 15) is 9.59 Å². The molecular formula is C27H21BrN2O3. The molecule has 4 aromatic rings. The number of carbonyl (C=O) groups is 2. The van der Waals surface area contributed by atoms with E-state index in [4.69, 9.17) is 9.72 Å². The van der Waals surface area contributed by atoms with Crippen molar-refractivity contribution >= 4 is 44.4 Å². The summed E-state index contributed by atoms with van der Waals surface area (Å²) in [4.78, 5) is 32.5. The SMILES string of the molecule is O=C(OCC(=O)N1CCCc2ccccc21)c1cc(-c2cccc(Br)c2)nc2ccccc12. The smallest absolute Gasteiger partial charge is 0.339 e. The largest absolute Gasteiger partial charge is 0.452 e. The fraction of sp³-hybridized carbons (Fsp3) is 0.148. The molecule has 0 saturated heterocycles. The molecule has 0 N–H and O–H groups in total. The molecule has 5 rings (SSSR count). The molecule has 3 aromatic carbocycles. The number of aromatic nitrogens is 1.